The zero-order valence-electron chi connectivity index (χ0n) is 10.8. The third-order valence-corrected chi connectivity index (χ3v) is 3.24. The first-order valence-electron chi connectivity index (χ1n) is 5.71. The number of nitro groups is 1. The molecule has 0 aromatic heterocycles. The zero-order valence-corrected chi connectivity index (χ0v) is 11.6. The number of rotatable bonds is 6. The van der Waals surface area contributed by atoms with Crippen LogP contribution in [-0.2, 0) is 6.54 Å². The third kappa shape index (κ3) is 4.25. The Labute approximate surface area is 112 Å². The molecule has 0 aliphatic rings. The lowest BCUT2D eigenvalue weighted by Gasteiger charge is -2.20. The van der Waals surface area contributed by atoms with Crippen LogP contribution in [0.3, 0.4) is 0 Å². The van der Waals surface area contributed by atoms with Gasteiger partial charge in [-0.15, -0.1) is 0 Å². The molecule has 1 N–H and O–H groups in total. The van der Waals surface area contributed by atoms with E-state index in [1.807, 2.05) is 14.1 Å². The average molecular weight is 272 g/mol. The lowest BCUT2D eigenvalue weighted by atomic mass is 10.2. The molecular weight excluding hydrogens is 254 g/mol. The highest BCUT2D eigenvalue weighted by Crippen LogP contribution is 2.22. The summed E-state index contributed by atoms with van der Waals surface area (Å²) >= 11 is 6.00. The van der Waals surface area contributed by atoms with Crippen LogP contribution in [0.1, 0.15) is 12.5 Å². The second-order valence-electron chi connectivity index (χ2n) is 4.48. The Balaban J connectivity index is 2.56. The minimum absolute atomic E-state index is 0.0189. The lowest BCUT2D eigenvalue weighted by Crippen LogP contribution is -2.35. The number of nitrogens with one attached hydrogen (secondary N) is 1. The number of non-ortho nitro benzene ring substituents is 1. The lowest BCUT2D eigenvalue weighted by molar-refractivity contribution is -0.384. The second kappa shape index (κ2) is 6.68. The van der Waals surface area contributed by atoms with E-state index < -0.39 is 4.92 Å². The van der Waals surface area contributed by atoms with E-state index in [9.17, 15) is 10.1 Å². The molecule has 18 heavy (non-hydrogen) atoms. The van der Waals surface area contributed by atoms with Crippen LogP contribution in [0.25, 0.3) is 0 Å². The number of likely N-dealkylation sites (N-methyl/N-ethyl adjacent to an activating group) is 1. The molecule has 100 valence electrons. The first-order chi connectivity index (χ1) is 8.41. The van der Waals surface area contributed by atoms with Crippen LogP contribution < -0.4 is 5.32 Å². The van der Waals surface area contributed by atoms with Crippen molar-refractivity contribution < 1.29 is 4.92 Å². The fourth-order valence-corrected chi connectivity index (χ4v) is 1.63. The van der Waals surface area contributed by atoms with Crippen molar-refractivity contribution in [1.29, 1.82) is 0 Å². The molecule has 0 saturated heterocycles. The summed E-state index contributed by atoms with van der Waals surface area (Å²) in [7, 11) is 4.04. The molecule has 1 rings (SSSR count). The minimum atomic E-state index is -0.447. The molecule has 1 unspecified atom stereocenters. The SMILES string of the molecule is CC(CNCc1ccc([N+](=O)[O-])cc1Cl)N(C)C. The maximum absolute atomic E-state index is 10.6. The fourth-order valence-electron chi connectivity index (χ4n) is 1.39. The third-order valence-electron chi connectivity index (χ3n) is 2.88. The Morgan fingerprint density at radius 2 is 2.17 bits per heavy atom. The molecule has 0 aliphatic carbocycles. The molecule has 0 radical (unpaired) electrons. The van der Waals surface area contributed by atoms with Crippen molar-refractivity contribution in [2.24, 2.45) is 0 Å². The Kier molecular flexibility index (Phi) is 5.53. The van der Waals surface area contributed by atoms with Crippen molar-refractivity contribution in [3.05, 3.63) is 38.9 Å². The number of nitro benzene ring substituents is 1. The van der Waals surface area contributed by atoms with Gasteiger partial charge in [0.15, 0.2) is 0 Å². The van der Waals surface area contributed by atoms with E-state index in [4.69, 9.17) is 11.6 Å². The van der Waals surface area contributed by atoms with Crippen LogP contribution in [0.15, 0.2) is 18.2 Å². The highest BCUT2D eigenvalue weighted by molar-refractivity contribution is 6.31. The number of halogens is 1. The molecule has 1 aromatic rings. The van der Waals surface area contributed by atoms with E-state index in [0.717, 1.165) is 12.1 Å². The predicted octanol–water partition coefficient (Wildman–Crippen LogP) is 2.29. The van der Waals surface area contributed by atoms with Gasteiger partial charge in [0.2, 0.25) is 0 Å². The molecule has 6 heteroatoms. The highest BCUT2D eigenvalue weighted by Gasteiger charge is 2.09. The molecule has 0 fully saturated rings. The molecule has 1 aromatic carbocycles. The first kappa shape index (κ1) is 14.9. The van der Waals surface area contributed by atoms with Crippen molar-refractivity contribution in [2.45, 2.75) is 19.5 Å². The first-order valence-corrected chi connectivity index (χ1v) is 6.09. The normalized spacial score (nSPS) is 12.7. The summed E-state index contributed by atoms with van der Waals surface area (Å²) in [6, 6.07) is 4.96. The minimum Gasteiger partial charge on any atom is -0.311 e. The number of hydrogen-bond donors (Lipinski definition) is 1. The van der Waals surface area contributed by atoms with Gasteiger partial charge in [-0.25, -0.2) is 0 Å². The molecule has 0 aliphatic heterocycles. The summed E-state index contributed by atoms with van der Waals surface area (Å²) in [4.78, 5) is 12.2. The molecular formula is C12H18ClN3O2. The van der Waals surface area contributed by atoms with Crippen molar-refractivity contribution >= 4 is 17.3 Å². The molecule has 0 heterocycles. The molecule has 0 amide bonds. The highest BCUT2D eigenvalue weighted by atomic mass is 35.5. The van der Waals surface area contributed by atoms with Crippen molar-refractivity contribution in [1.82, 2.24) is 10.2 Å². The topological polar surface area (TPSA) is 58.4 Å². The van der Waals surface area contributed by atoms with Gasteiger partial charge in [-0.2, -0.15) is 0 Å². The van der Waals surface area contributed by atoms with Gasteiger partial charge in [-0.05, 0) is 32.6 Å². The van der Waals surface area contributed by atoms with E-state index in [-0.39, 0.29) is 5.69 Å². The van der Waals surface area contributed by atoms with Gasteiger partial charge in [-0.1, -0.05) is 11.6 Å². The maximum Gasteiger partial charge on any atom is 0.270 e. The van der Waals surface area contributed by atoms with Gasteiger partial charge in [0, 0.05) is 31.3 Å². The van der Waals surface area contributed by atoms with Gasteiger partial charge in [0.25, 0.3) is 5.69 Å². The van der Waals surface area contributed by atoms with Gasteiger partial charge in [0.05, 0.1) is 9.95 Å². The summed E-state index contributed by atoms with van der Waals surface area (Å²) in [5.41, 5.74) is 0.888. The number of benzene rings is 1. The zero-order chi connectivity index (χ0) is 13.7. The summed E-state index contributed by atoms with van der Waals surface area (Å²) in [5.74, 6) is 0. The van der Waals surface area contributed by atoms with Crippen molar-refractivity contribution in [3.63, 3.8) is 0 Å². The number of nitrogens with zero attached hydrogens (tertiary/aromatic N) is 2. The van der Waals surface area contributed by atoms with E-state index in [1.165, 1.54) is 12.1 Å². The average Bonchev–Trinajstić information content (AvgIpc) is 2.30. The molecule has 1 atom stereocenters. The van der Waals surface area contributed by atoms with Crippen LogP contribution in [0, 0.1) is 10.1 Å². The largest absolute Gasteiger partial charge is 0.311 e. The quantitative estimate of drug-likeness (QED) is 0.637. The van der Waals surface area contributed by atoms with Gasteiger partial charge < -0.3 is 10.2 Å². The van der Waals surface area contributed by atoms with Gasteiger partial charge in [-0.3, -0.25) is 10.1 Å². The van der Waals surface area contributed by atoms with E-state index in [1.54, 1.807) is 6.07 Å². The predicted molar refractivity (Wildman–Crippen MR) is 73.0 cm³/mol. The standard InChI is InChI=1S/C12H18ClN3O2/c1-9(15(2)3)7-14-8-10-4-5-11(16(17)18)6-12(10)13/h4-6,9,14H,7-8H2,1-3H3. The van der Waals surface area contributed by atoms with E-state index >= 15 is 0 Å². The Hall–Kier alpha value is -1.17. The van der Waals surface area contributed by atoms with Crippen LogP contribution in [-0.4, -0.2) is 36.5 Å². The van der Waals surface area contributed by atoms with E-state index in [0.29, 0.717) is 17.6 Å². The molecule has 0 bridgehead atoms. The van der Waals surface area contributed by atoms with E-state index in [2.05, 4.69) is 17.1 Å². The van der Waals surface area contributed by atoms with Crippen LogP contribution >= 0.6 is 11.6 Å². The number of hydrogen-bond acceptors (Lipinski definition) is 4. The monoisotopic (exact) mass is 271 g/mol. The van der Waals surface area contributed by atoms with Crippen molar-refractivity contribution in [3.8, 4) is 0 Å². The second-order valence-corrected chi connectivity index (χ2v) is 4.88. The summed E-state index contributed by atoms with van der Waals surface area (Å²) < 4.78 is 0. The fraction of sp³-hybridized carbons (Fsp3) is 0.500. The van der Waals surface area contributed by atoms with Crippen molar-refractivity contribution in [2.75, 3.05) is 20.6 Å². The Bertz CT molecular complexity index is 424. The van der Waals surface area contributed by atoms with Gasteiger partial charge in [0.1, 0.15) is 0 Å². The maximum atomic E-state index is 10.6. The molecule has 5 nitrogen and oxygen atoms in total. The smallest absolute Gasteiger partial charge is 0.270 e. The molecule has 0 saturated carbocycles. The van der Waals surface area contributed by atoms with Crippen LogP contribution in [0.4, 0.5) is 5.69 Å². The summed E-state index contributed by atoms with van der Waals surface area (Å²) in [6.45, 7) is 3.56. The summed E-state index contributed by atoms with van der Waals surface area (Å²) in [5, 5.41) is 14.3. The molecule has 0 spiro atoms. The summed E-state index contributed by atoms with van der Waals surface area (Å²) in [6.07, 6.45) is 0. The Morgan fingerprint density at radius 3 is 2.67 bits per heavy atom. The van der Waals surface area contributed by atoms with Crippen LogP contribution in [0.2, 0.25) is 5.02 Å². The van der Waals surface area contributed by atoms with Gasteiger partial charge >= 0.3 is 0 Å². The Morgan fingerprint density at radius 1 is 1.50 bits per heavy atom. The van der Waals surface area contributed by atoms with Crippen LogP contribution in [0.5, 0.6) is 0 Å².